The van der Waals surface area contributed by atoms with Gasteiger partial charge in [-0.1, -0.05) is 0 Å². The van der Waals surface area contributed by atoms with Crippen LogP contribution in [0.25, 0.3) is 0 Å². The number of aromatic carboxylic acids is 1. The molecule has 0 aliphatic carbocycles. The molecule has 6 heteroatoms. The Labute approximate surface area is 105 Å². The van der Waals surface area contributed by atoms with E-state index < -0.39 is 5.97 Å². The van der Waals surface area contributed by atoms with E-state index in [4.69, 9.17) is 10.2 Å². The van der Waals surface area contributed by atoms with Gasteiger partial charge >= 0.3 is 5.97 Å². The van der Waals surface area contributed by atoms with E-state index >= 15 is 0 Å². The number of nitrogens with zero attached hydrogens (tertiary/aromatic N) is 3. The summed E-state index contributed by atoms with van der Waals surface area (Å²) in [6.45, 7) is 2.83. The molecule has 1 saturated heterocycles. The quantitative estimate of drug-likeness (QED) is 0.804. The SMILES string of the molecule is O=C(O)c1ccc(CN2CCC(CO)CC2)nn1. The van der Waals surface area contributed by atoms with Crippen LogP contribution in [0.1, 0.15) is 29.0 Å². The van der Waals surface area contributed by atoms with E-state index in [9.17, 15) is 4.79 Å². The number of rotatable bonds is 4. The van der Waals surface area contributed by atoms with Crippen molar-refractivity contribution >= 4 is 5.97 Å². The van der Waals surface area contributed by atoms with Crippen LogP contribution in [0, 0.1) is 5.92 Å². The molecule has 0 unspecified atom stereocenters. The van der Waals surface area contributed by atoms with Crippen LogP contribution in [0.2, 0.25) is 0 Å². The molecule has 0 spiro atoms. The number of aromatic nitrogens is 2. The van der Waals surface area contributed by atoms with E-state index in [0.717, 1.165) is 31.6 Å². The first-order valence-corrected chi connectivity index (χ1v) is 6.08. The molecule has 2 N–H and O–H groups in total. The normalized spacial score (nSPS) is 17.8. The van der Waals surface area contributed by atoms with Gasteiger partial charge in [-0.15, -0.1) is 5.10 Å². The molecule has 1 aliphatic rings. The van der Waals surface area contributed by atoms with Gasteiger partial charge in [0.25, 0.3) is 0 Å². The van der Waals surface area contributed by atoms with Crippen molar-refractivity contribution in [3.63, 3.8) is 0 Å². The molecule has 1 aromatic rings. The van der Waals surface area contributed by atoms with Crippen molar-refractivity contribution in [3.8, 4) is 0 Å². The van der Waals surface area contributed by atoms with Gasteiger partial charge < -0.3 is 10.2 Å². The number of likely N-dealkylation sites (tertiary alicyclic amines) is 1. The first kappa shape index (κ1) is 12.9. The van der Waals surface area contributed by atoms with Crippen molar-refractivity contribution in [2.24, 2.45) is 5.92 Å². The van der Waals surface area contributed by atoms with Gasteiger partial charge in [0.2, 0.25) is 0 Å². The molecule has 1 aromatic heterocycles. The monoisotopic (exact) mass is 251 g/mol. The summed E-state index contributed by atoms with van der Waals surface area (Å²) in [5.41, 5.74) is 0.750. The van der Waals surface area contributed by atoms with Crippen molar-refractivity contribution in [1.82, 2.24) is 15.1 Å². The molecule has 98 valence electrons. The summed E-state index contributed by atoms with van der Waals surface area (Å²) < 4.78 is 0. The van der Waals surface area contributed by atoms with Crippen LogP contribution >= 0.6 is 0 Å². The zero-order chi connectivity index (χ0) is 13.0. The van der Waals surface area contributed by atoms with E-state index in [-0.39, 0.29) is 12.3 Å². The number of hydrogen-bond acceptors (Lipinski definition) is 5. The molecule has 0 radical (unpaired) electrons. The Kier molecular flexibility index (Phi) is 4.22. The number of aliphatic hydroxyl groups excluding tert-OH is 1. The Morgan fingerprint density at radius 3 is 2.56 bits per heavy atom. The van der Waals surface area contributed by atoms with Gasteiger partial charge in [0, 0.05) is 13.2 Å². The lowest BCUT2D eigenvalue weighted by Crippen LogP contribution is -2.34. The zero-order valence-electron chi connectivity index (χ0n) is 10.1. The Morgan fingerprint density at radius 1 is 1.33 bits per heavy atom. The van der Waals surface area contributed by atoms with Crippen LogP contribution in [0.4, 0.5) is 0 Å². The maximum absolute atomic E-state index is 10.6. The summed E-state index contributed by atoms with van der Waals surface area (Å²) in [6, 6.07) is 3.18. The first-order valence-electron chi connectivity index (χ1n) is 6.08. The van der Waals surface area contributed by atoms with Gasteiger partial charge in [-0.25, -0.2) is 4.79 Å². The average Bonchev–Trinajstić information content (AvgIpc) is 2.40. The third-order valence-corrected chi connectivity index (χ3v) is 3.29. The Hall–Kier alpha value is -1.53. The van der Waals surface area contributed by atoms with Crippen molar-refractivity contribution in [3.05, 3.63) is 23.5 Å². The summed E-state index contributed by atoms with van der Waals surface area (Å²) in [5.74, 6) is -0.639. The topological polar surface area (TPSA) is 86.5 Å². The van der Waals surface area contributed by atoms with Gasteiger partial charge in [0.1, 0.15) is 0 Å². The highest BCUT2D eigenvalue weighted by molar-refractivity contribution is 5.84. The zero-order valence-corrected chi connectivity index (χ0v) is 10.1. The minimum absolute atomic E-state index is 0.0299. The summed E-state index contributed by atoms with van der Waals surface area (Å²) in [7, 11) is 0. The van der Waals surface area contributed by atoms with Crippen LogP contribution in [-0.4, -0.2) is 51.0 Å². The minimum atomic E-state index is -1.06. The Balaban J connectivity index is 1.88. The lowest BCUT2D eigenvalue weighted by Gasteiger charge is -2.30. The fourth-order valence-electron chi connectivity index (χ4n) is 2.11. The smallest absolute Gasteiger partial charge is 0.356 e. The van der Waals surface area contributed by atoms with E-state index in [0.29, 0.717) is 12.5 Å². The highest BCUT2D eigenvalue weighted by Crippen LogP contribution is 2.17. The molecule has 0 saturated carbocycles. The van der Waals surface area contributed by atoms with Gasteiger partial charge in [0.05, 0.1) is 5.69 Å². The minimum Gasteiger partial charge on any atom is -0.476 e. The second-order valence-electron chi connectivity index (χ2n) is 4.62. The van der Waals surface area contributed by atoms with Crippen LogP contribution in [0.15, 0.2) is 12.1 Å². The summed E-state index contributed by atoms with van der Waals surface area (Å²) in [5, 5.41) is 25.3. The fourth-order valence-corrected chi connectivity index (χ4v) is 2.11. The van der Waals surface area contributed by atoms with Crippen molar-refractivity contribution in [1.29, 1.82) is 0 Å². The molecule has 1 aliphatic heterocycles. The molecule has 1 fully saturated rings. The van der Waals surface area contributed by atoms with Crippen LogP contribution in [-0.2, 0) is 6.54 Å². The van der Waals surface area contributed by atoms with Gasteiger partial charge in [-0.05, 0) is 44.0 Å². The van der Waals surface area contributed by atoms with E-state index in [1.54, 1.807) is 6.07 Å². The number of piperidine rings is 1. The fraction of sp³-hybridized carbons (Fsp3) is 0.583. The Bertz CT molecular complexity index is 400. The summed E-state index contributed by atoms with van der Waals surface area (Å²) >= 11 is 0. The first-order chi connectivity index (χ1) is 8.69. The van der Waals surface area contributed by atoms with Crippen LogP contribution in [0.3, 0.4) is 0 Å². The molecule has 0 aromatic carbocycles. The second kappa shape index (κ2) is 5.88. The van der Waals surface area contributed by atoms with Crippen LogP contribution < -0.4 is 0 Å². The lowest BCUT2D eigenvalue weighted by atomic mass is 9.98. The maximum atomic E-state index is 10.6. The molecular formula is C12H17N3O3. The number of hydrogen-bond donors (Lipinski definition) is 2. The molecule has 2 rings (SSSR count). The average molecular weight is 251 g/mol. The van der Waals surface area contributed by atoms with Crippen LogP contribution in [0.5, 0.6) is 0 Å². The number of carbonyl (C=O) groups is 1. The van der Waals surface area contributed by atoms with E-state index in [2.05, 4.69) is 15.1 Å². The van der Waals surface area contributed by atoms with Gasteiger partial charge in [-0.2, -0.15) is 5.10 Å². The molecular weight excluding hydrogens is 234 g/mol. The summed E-state index contributed by atoms with van der Waals surface area (Å²) in [6.07, 6.45) is 1.99. The molecule has 0 amide bonds. The molecule has 18 heavy (non-hydrogen) atoms. The van der Waals surface area contributed by atoms with E-state index in [1.165, 1.54) is 6.07 Å². The molecule has 0 atom stereocenters. The molecule has 2 heterocycles. The predicted molar refractivity (Wildman–Crippen MR) is 64.1 cm³/mol. The number of aliphatic hydroxyl groups is 1. The third-order valence-electron chi connectivity index (χ3n) is 3.29. The predicted octanol–water partition coefficient (Wildman–Crippen LogP) is 0.379. The standard InChI is InChI=1S/C12H17N3O3/c16-8-9-3-5-15(6-4-9)7-10-1-2-11(12(17)18)14-13-10/h1-2,9,16H,3-8H2,(H,17,18). The molecule has 6 nitrogen and oxygen atoms in total. The summed E-state index contributed by atoms with van der Waals surface area (Å²) in [4.78, 5) is 12.9. The van der Waals surface area contributed by atoms with E-state index in [1.807, 2.05) is 0 Å². The van der Waals surface area contributed by atoms with Crippen molar-refractivity contribution in [2.75, 3.05) is 19.7 Å². The number of carboxylic acids is 1. The lowest BCUT2D eigenvalue weighted by molar-refractivity contribution is 0.0689. The van der Waals surface area contributed by atoms with Crippen molar-refractivity contribution in [2.45, 2.75) is 19.4 Å². The highest BCUT2D eigenvalue weighted by atomic mass is 16.4. The largest absolute Gasteiger partial charge is 0.476 e. The third kappa shape index (κ3) is 3.24. The molecule has 0 bridgehead atoms. The van der Waals surface area contributed by atoms with Gasteiger partial charge in [-0.3, -0.25) is 4.90 Å². The van der Waals surface area contributed by atoms with Gasteiger partial charge in [0.15, 0.2) is 5.69 Å². The second-order valence-corrected chi connectivity index (χ2v) is 4.62. The highest BCUT2D eigenvalue weighted by Gasteiger charge is 2.18. The Morgan fingerprint density at radius 2 is 2.06 bits per heavy atom. The maximum Gasteiger partial charge on any atom is 0.356 e. The van der Waals surface area contributed by atoms with Crippen molar-refractivity contribution < 1.29 is 15.0 Å². The number of carboxylic acid groups (broad SMARTS) is 1.